The first-order valence-corrected chi connectivity index (χ1v) is 9.36. The Balaban J connectivity index is 1.61. The van der Waals surface area contributed by atoms with Crippen LogP contribution in [0.25, 0.3) is 10.2 Å². The number of aromatic nitrogens is 2. The molecule has 0 unspecified atom stereocenters. The summed E-state index contributed by atoms with van der Waals surface area (Å²) in [6.45, 7) is 0. The highest BCUT2D eigenvalue weighted by molar-refractivity contribution is 7.19. The molecule has 1 aliphatic carbocycles. The lowest BCUT2D eigenvalue weighted by atomic mass is 10.2. The summed E-state index contributed by atoms with van der Waals surface area (Å²) >= 11 is 1.72. The molecule has 2 heterocycles. The second-order valence-corrected chi connectivity index (χ2v) is 7.61. The Hall–Kier alpha value is -3.07. The number of hydrogen-bond acceptors (Lipinski definition) is 8. The van der Waals surface area contributed by atoms with E-state index < -0.39 is 0 Å². The van der Waals surface area contributed by atoms with Gasteiger partial charge >= 0.3 is 0 Å². The predicted molar refractivity (Wildman–Crippen MR) is 108 cm³/mol. The van der Waals surface area contributed by atoms with Gasteiger partial charge in [-0.05, 0) is 30.9 Å². The van der Waals surface area contributed by atoms with E-state index in [0.717, 1.165) is 29.5 Å². The molecule has 0 aliphatic heterocycles. The molecule has 4 rings (SSSR count). The predicted octanol–water partition coefficient (Wildman–Crippen LogP) is 3.60. The molecule has 1 aromatic carbocycles. The van der Waals surface area contributed by atoms with E-state index in [4.69, 9.17) is 0 Å². The Labute approximate surface area is 159 Å². The number of hydrogen-bond donors (Lipinski definition) is 1. The van der Waals surface area contributed by atoms with Crippen molar-refractivity contribution in [3.05, 3.63) is 50.6 Å². The van der Waals surface area contributed by atoms with Crippen molar-refractivity contribution in [3.8, 4) is 0 Å². The summed E-state index contributed by atoms with van der Waals surface area (Å²) in [6, 6.07) is 5.03. The number of anilines is 2. The van der Waals surface area contributed by atoms with E-state index in [1.165, 1.54) is 22.8 Å². The van der Waals surface area contributed by atoms with Crippen LogP contribution in [0.15, 0.2) is 29.6 Å². The van der Waals surface area contributed by atoms with E-state index in [9.17, 15) is 10.1 Å². The van der Waals surface area contributed by atoms with Gasteiger partial charge < -0.3 is 4.90 Å². The molecule has 3 aromatic rings. The van der Waals surface area contributed by atoms with Crippen molar-refractivity contribution in [2.75, 3.05) is 24.4 Å². The molecule has 27 heavy (non-hydrogen) atoms. The van der Waals surface area contributed by atoms with Gasteiger partial charge in [0, 0.05) is 30.6 Å². The number of hydrazone groups is 1. The van der Waals surface area contributed by atoms with Crippen LogP contribution in [-0.2, 0) is 12.8 Å². The zero-order valence-corrected chi connectivity index (χ0v) is 15.8. The Morgan fingerprint density at radius 1 is 1.33 bits per heavy atom. The van der Waals surface area contributed by atoms with Crippen LogP contribution in [0.3, 0.4) is 0 Å². The smallest absolute Gasteiger partial charge is 0.293 e. The Morgan fingerprint density at radius 2 is 2.19 bits per heavy atom. The maximum absolute atomic E-state index is 11.3. The summed E-state index contributed by atoms with van der Waals surface area (Å²) in [5.41, 5.74) is 5.54. The number of fused-ring (bicyclic) bond motifs is 3. The van der Waals surface area contributed by atoms with Crippen LogP contribution in [0.2, 0.25) is 0 Å². The molecule has 1 aliphatic rings. The number of nitro benzene ring substituents is 1. The summed E-state index contributed by atoms with van der Waals surface area (Å²) in [6.07, 6.45) is 6.40. The third-order valence-corrected chi connectivity index (χ3v) is 5.76. The monoisotopic (exact) mass is 382 g/mol. The number of aryl methyl sites for hydroxylation is 2. The van der Waals surface area contributed by atoms with Crippen molar-refractivity contribution in [3.63, 3.8) is 0 Å². The number of benzene rings is 1. The van der Waals surface area contributed by atoms with E-state index in [0.29, 0.717) is 17.1 Å². The minimum absolute atomic E-state index is 0.0454. The molecule has 1 N–H and O–H groups in total. The largest absolute Gasteiger partial charge is 0.372 e. The van der Waals surface area contributed by atoms with E-state index in [-0.39, 0.29) is 10.6 Å². The molecule has 0 radical (unpaired) electrons. The highest BCUT2D eigenvalue weighted by atomic mass is 32.1. The standard InChI is InChI=1S/C18H18N6O2S/c1-23(2)13-7-6-11(8-14(13)24(25)26)9-21-22-17-16-12-4-3-5-15(12)27-18(16)20-10-19-17/h6-10H,3-5H2,1-2H3,(H,19,20,22)/b21-9-. The van der Waals surface area contributed by atoms with Gasteiger partial charge in [-0.3, -0.25) is 15.5 Å². The lowest BCUT2D eigenvalue weighted by Crippen LogP contribution is -2.11. The van der Waals surface area contributed by atoms with Crippen LogP contribution < -0.4 is 10.3 Å². The quantitative estimate of drug-likeness (QED) is 0.411. The second kappa shape index (κ2) is 6.92. The van der Waals surface area contributed by atoms with Crippen LogP contribution in [0, 0.1) is 10.1 Å². The maximum Gasteiger partial charge on any atom is 0.293 e. The van der Waals surface area contributed by atoms with Gasteiger partial charge in [0.05, 0.1) is 16.5 Å². The Kier molecular flexibility index (Phi) is 4.44. The SMILES string of the molecule is CN(C)c1ccc(/C=N\Nc2ncnc3sc4c(c23)CCC4)cc1[N+](=O)[O-]. The lowest BCUT2D eigenvalue weighted by molar-refractivity contribution is -0.384. The number of rotatable bonds is 5. The molecule has 9 heteroatoms. The van der Waals surface area contributed by atoms with E-state index in [1.807, 2.05) is 0 Å². The first-order chi connectivity index (χ1) is 13.0. The summed E-state index contributed by atoms with van der Waals surface area (Å²) in [5.74, 6) is 0.676. The number of nitrogens with zero attached hydrogens (tertiary/aromatic N) is 5. The number of nitro groups is 1. The maximum atomic E-state index is 11.3. The van der Waals surface area contributed by atoms with E-state index >= 15 is 0 Å². The van der Waals surface area contributed by atoms with Gasteiger partial charge in [-0.1, -0.05) is 6.07 Å². The van der Waals surface area contributed by atoms with Gasteiger partial charge in [-0.15, -0.1) is 11.3 Å². The summed E-state index contributed by atoms with van der Waals surface area (Å²) in [5, 5.41) is 16.6. The average molecular weight is 382 g/mol. The molecular weight excluding hydrogens is 364 g/mol. The van der Waals surface area contributed by atoms with Crippen molar-refractivity contribution in [2.45, 2.75) is 19.3 Å². The molecule has 0 fully saturated rings. The Bertz CT molecular complexity index is 1060. The first kappa shape index (κ1) is 17.3. The molecule has 0 atom stereocenters. The first-order valence-electron chi connectivity index (χ1n) is 8.54. The topological polar surface area (TPSA) is 96.5 Å². The van der Waals surface area contributed by atoms with Crippen LogP contribution in [0.4, 0.5) is 17.2 Å². The van der Waals surface area contributed by atoms with Gasteiger partial charge in [-0.25, -0.2) is 9.97 Å². The second-order valence-electron chi connectivity index (χ2n) is 6.53. The minimum Gasteiger partial charge on any atom is -0.372 e. The summed E-state index contributed by atoms with van der Waals surface area (Å²) < 4.78 is 0. The van der Waals surface area contributed by atoms with Crippen molar-refractivity contribution >= 4 is 45.0 Å². The fourth-order valence-electron chi connectivity index (χ4n) is 3.33. The minimum atomic E-state index is -0.386. The number of nitrogens with one attached hydrogen (secondary N) is 1. The molecular formula is C18H18N6O2S. The molecule has 0 bridgehead atoms. The zero-order chi connectivity index (χ0) is 19.0. The molecule has 138 valence electrons. The zero-order valence-electron chi connectivity index (χ0n) is 15.0. The van der Waals surface area contributed by atoms with E-state index in [1.54, 1.807) is 48.7 Å². The van der Waals surface area contributed by atoms with Crippen molar-refractivity contribution < 1.29 is 4.92 Å². The average Bonchev–Trinajstić information content (AvgIpc) is 3.22. The third kappa shape index (κ3) is 3.21. The number of thiophene rings is 1. The van der Waals surface area contributed by atoms with Crippen molar-refractivity contribution in [1.29, 1.82) is 0 Å². The summed E-state index contributed by atoms with van der Waals surface area (Å²) in [7, 11) is 3.55. The van der Waals surface area contributed by atoms with Crippen molar-refractivity contribution in [1.82, 2.24) is 9.97 Å². The van der Waals surface area contributed by atoms with Gasteiger partial charge in [-0.2, -0.15) is 5.10 Å². The van der Waals surface area contributed by atoms with Crippen LogP contribution in [0.5, 0.6) is 0 Å². The molecule has 0 amide bonds. The van der Waals surface area contributed by atoms with Crippen LogP contribution in [0.1, 0.15) is 22.4 Å². The molecule has 0 spiro atoms. The van der Waals surface area contributed by atoms with Gasteiger partial charge in [0.25, 0.3) is 5.69 Å². The van der Waals surface area contributed by atoms with Gasteiger partial charge in [0.15, 0.2) is 5.82 Å². The molecule has 0 saturated heterocycles. The van der Waals surface area contributed by atoms with Gasteiger partial charge in [0.1, 0.15) is 16.8 Å². The van der Waals surface area contributed by atoms with E-state index in [2.05, 4.69) is 20.5 Å². The fourth-order valence-corrected chi connectivity index (χ4v) is 4.56. The van der Waals surface area contributed by atoms with Crippen molar-refractivity contribution in [2.24, 2.45) is 5.10 Å². The Morgan fingerprint density at radius 3 is 2.96 bits per heavy atom. The molecule has 2 aromatic heterocycles. The molecule has 0 saturated carbocycles. The van der Waals surface area contributed by atoms with Gasteiger partial charge in [0.2, 0.25) is 0 Å². The lowest BCUT2D eigenvalue weighted by Gasteiger charge is -2.12. The molecule has 8 nitrogen and oxygen atoms in total. The fraction of sp³-hybridized carbons (Fsp3) is 0.278. The summed E-state index contributed by atoms with van der Waals surface area (Å²) in [4.78, 5) is 23.7. The van der Waals surface area contributed by atoms with Crippen LogP contribution >= 0.6 is 11.3 Å². The van der Waals surface area contributed by atoms with Crippen LogP contribution in [-0.4, -0.2) is 35.2 Å². The normalized spacial score (nSPS) is 13.3. The third-order valence-electron chi connectivity index (χ3n) is 4.56. The highest BCUT2D eigenvalue weighted by Gasteiger charge is 2.21. The highest BCUT2D eigenvalue weighted by Crippen LogP contribution is 2.39.